The van der Waals surface area contributed by atoms with Crippen molar-refractivity contribution < 1.29 is 157 Å². The maximum Gasteiger partial charge on any atom is 0.317 e. The molecular formula is C89H156N24O32. The van der Waals surface area contributed by atoms with E-state index in [1.165, 1.54) is 19.6 Å². The summed E-state index contributed by atoms with van der Waals surface area (Å²) in [5.41, 5.74) is -1.90. The standard InChI is InChI=1S/C89H156N24O32/c1-65(2)110(73(118)45-94-9-17-98(49-77(122)123)25-33-106(57-85(138)139)34-26-99(18-10-94)50-78(124)125)41-69(114)90-61-89(62-91-70(115)42-111(66(3)4)74(119)46-95-11-19-100(51-79(126)127)27-35-107(58-86(140)141)36-28-101(20-12-95)52-80(128)129,63-92-71(116)43-112(67(5)6)75(120)47-96-13-21-102(53-81(130)131)29-37-108(59-87(142)143)38-30-103(22-14-96)54-82(132)133)64-93-72(117)44-113(68(7)8)76(121)48-97-15-23-104(55-83(134)135)31-39-109(60-88(144)145)40-32-105(24-16-97)56-84(136)137/h65-68H,9-64H2,1-8H3,(H,90,114)(H,91,115)(H,92,116)(H,93,117)(H,122,123)(H,124,125)(H,126,127)(H,128,129)(H,130,131)(H,132,133)(H,134,135)(H,136,137)(H,138,139)(H,140,141)(H,142,143)(H,144,145). The Balaban J connectivity index is 1.94. The van der Waals surface area contributed by atoms with Crippen LogP contribution in [0.1, 0.15) is 55.4 Å². The molecule has 824 valence electrons. The second-order valence-electron chi connectivity index (χ2n) is 38.2. The highest BCUT2D eigenvalue weighted by Crippen LogP contribution is 2.18. The Morgan fingerprint density at radius 2 is 0.269 bits per heavy atom. The molecule has 4 fully saturated rings. The number of nitrogens with zero attached hydrogens (tertiary/aromatic N) is 20. The van der Waals surface area contributed by atoms with Gasteiger partial charge in [-0.1, -0.05) is 0 Å². The van der Waals surface area contributed by atoms with Gasteiger partial charge < -0.3 is 102 Å². The number of carbonyl (C=O) groups is 20. The Kier molecular flexibility index (Phi) is 57.4. The predicted molar refractivity (Wildman–Crippen MR) is 517 cm³/mol. The molecule has 4 saturated heterocycles. The van der Waals surface area contributed by atoms with Crippen LogP contribution in [0.3, 0.4) is 0 Å². The monoisotopic (exact) mass is 2070 g/mol. The summed E-state index contributed by atoms with van der Waals surface area (Å²) in [6.45, 7) is 1.04. The van der Waals surface area contributed by atoms with Crippen LogP contribution in [0.5, 0.6) is 0 Å². The minimum absolute atomic E-state index is 0.00264. The number of rotatable bonds is 52. The van der Waals surface area contributed by atoms with Gasteiger partial charge in [0.15, 0.2) is 0 Å². The van der Waals surface area contributed by atoms with Crippen molar-refractivity contribution in [2.24, 2.45) is 5.41 Å². The summed E-state index contributed by atoms with van der Waals surface area (Å²) >= 11 is 0. The summed E-state index contributed by atoms with van der Waals surface area (Å²) in [4.78, 5) is 296. The average Bonchev–Trinajstić information content (AvgIpc) is 0.837. The first kappa shape index (κ1) is 126. The lowest BCUT2D eigenvalue weighted by Crippen LogP contribution is -2.60. The van der Waals surface area contributed by atoms with Crippen LogP contribution in [0.2, 0.25) is 0 Å². The SMILES string of the molecule is CC(C)N(CC(=O)NCC(CNC(=O)CN(C(=O)CN1CCN(CC(=O)O)CCN(CC(=O)O)CCN(CC(=O)O)CC1)C(C)C)(CNC(=O)CN(C(=O)CN1CCN(CC(=O)O)CCN(CC(=O)O)CCN(CC(=O)O)CC1)C(C)C)CNC(=O)CN(C(=O)CN1CCN(CC(=O)O)CCN(CC(=O)O)CCN(CC(=O)O)CC1)C(C)C)C(=O)CN1CCN(CC(=O)O)CCN(CC(=O)O)CCN(CC(=O)O)CC1. The molecule has 0 aliphatic carbocycles. The van der Waals surface area contributed by atoms with Crippen LogP contribution in [-0.2, 0) is 95.9 Å². The van der Waals surface area contributed by atoms with Gasteiger partial charge in [-0.25, -0.2) is 0 Å². The van der Waals surface area contributed by atoms with Crippen LogP contribution in [0.25, 0.3) is 0 Å². The average molecular weight is 2070 g/mol. The zero-order chi connectivity index (χ0) is 108. The number of hydrogen-bond acceptors (Lipinski definition) is 36. The molecule has 0 bridgehead atoms. The second kappa shape index (κ2) is 66.1. The molecule has 0 spiro atoms. The van der Waals surface area contributed by atoms with Crippen molar-refractivity contribution in [2.45, 2.75) is 79.6 Å². The van der Waals surface area contributed by atoms with E-state index in [0.717, 1.165) is 0 Å². The largest absolute Gasteiger partial charge is 0.480 e. The smallest absolute Gasteiger partial charge is 0.317 e. The summed E-state index contributed by atoms with van der Waals surface area (Å²) in [6.07, 6.45) is 0. The summed E-state index contributed by atoms with van der Waals surface area (Å²) in [6, 6.07) is -3.11. The zero-order valence-corrected chi connectivity index (χ0v) is 84.9. The highest BCUT2D eigenvalue weighted by molar-refractivity contribution is 5.89. The van der Waals surface area contributed by atoms with E-state index in [-0.39, 0.29) is 209 Å². The topological polar surface area (TPSA) is 697 Å². The first-order valence-electron chi connectivity index (χ1n) is 48.7. The molecule has 0 unspecified atom stereocenters. The molecule has 4 aliphatic rings. The van der Waals surface area contributed by atoms with Crippen molar-refractivity contribution in [3.8, 4) is 0 Å². The number of carbonyl (C=O) groups excluding carboxylic acids is 8. The summed E-state index contributed by atoms with van der Waals surface area (Å²) in [5.74, 6) is -20.5. The first-order valence-corrected chi connectivity index (χ1v) is 48.7. The highest BCUT2D eigenvalue weighted by atomic mass is 16.4. The third kappa shape index (κ3) is 54.1. The molecule has 145 heavy (non-hydrogen) atoms. The molecule has 0 aromatic carbocycles. The lowest BCUT2D eigenvalue weighted by atomic mass is 9.86. The number of carboxylic acids is 12. The number of hydrogen-bond donors (Lipinski definition) is 16. The highest BCUT2D eigenvalue weighted by Gasteiger charge is 2.38. The first-order chi connectivity index (χ1) is 68.2. The minimum atomic E-state index is -1.90. The quantitative estimate of drug-likeness (QED) is 0.0269. The predicted octanol–water partition coefficient (Wildman–Crippen LogP) is -10.7. The number of aliphatic carboxylic acids is 12. The van der Waals surface area contributed by atoms with Gasteiger partial charge in [0.05, 0.1) is 131 Å². The van der Waals surface area contributed by atoms with Gasteiger partial charge in [-0.3, -0.25) is 174 Å². The molecular weight excluding hydrogens is 1920 g/mol. The molecule has 56 heteroatoms. The van der Waals surface area contributed by atoms with E-state index in [1.54, 1.807) is 134 Å². The van der Waals surface area contributed by atoms with Crippen LogP contribution >= 0.6 is 0 Å². The van der Waals surface area contributed by atoms with Gasteiger partial charge in [0.1, 0.15) is 0 Å². The van der Waals surface area contributed by atoms with Gasteiger partial charge in [0.25, 0.3) is 0 Å². The molecule has 0 aromatic rings. The van der Waals surface area contributed by atoms with Crippen molar-refractivity contribution >= 4 is 119 Å². The van der Waals surface area contributed by atoms with Gasteiger partial charge in [-0.05, 0) is 55.4 Å². The maximum absolute atomic E-state index is 15.2. The van der Waals surface area contributed by atoms with E-state index in [9.17, 15) is 138 Å². The van der Waals surface area contributed by atoms with Gasteiger partial charge in [-0.15, -0.1) is 0 Å². The summed E-state index contributed by atoms with van der Waals surface area (Å²) in [5, 5.41) is 130. The number of carboxylic acid groups (broad SMARTS) is 12. The molecule has 4 heterocycles. The van der Waals surface area contributed by atoms with E-state index in [4.69, 9.17) is 0 Å². The maximum atomic E-state index is 15.2. The fraction of sp³-hybridized carbons (Fsp3) is 0.775. The fourth-order valence-electron chi connectivity index (χ4n) is 16.9. The van der Waals surface area contributed by atoms with Gasteiger partial charge >= 0.3 is 71.6 Å². The molecule has 4 aliphatic heterocycles. The van der Waals surface area contributed by atoms with E-state index in [2.05, 4.69) is 21.3 Å². The van der Waals surface area contributed by atoms with E-state index >= 15 is 19.2 Å². The van der Waals surface area contributed by atoms with E-state index < -0.39 is 306 Å². The molecule has 0 aromatic heterocycles. The minimum Gasteiger partial charge on any atom is -0.480 e. The third-order valence-corrected chi connectivity index (χ3v) is 25.1. The molecule has 0 radical (unpaired) electrons. The van der Waals surface area contributed by atoms with Crippen molar-refractivity contribution in [2.75, 3.05) is 367 Å². The van der Waals surface area contributed by atoms with Crippen LogP contribution in [0.4, 0.5) is 0 Å². The second-order valence-corrected chi connectivity index (χ2v) is 38.2. The molecule has 0 saturated carbocycles. The molecule has 0 atom stereocenters. The van der Waals surface area contributed by atoms with Crippen LogP contribution in [-0.4, -0.2) is 669 Å². The van der Waals surface area contributed by atoms with Gasteiger partial charge in [0.2, 0.25) is 47.3 Å². The molecule has 16 N–H and O–H groups in total. The van der Waals surface area contributed by atoms with Crippen molar-refractivity contribution in [1.82, 2.24) is 119 Å². The molecule has 56 nitrogen and oxygen atoms in total. The van der Waals surface area contributed by atoms with Gasteiger partial charge in [-0.2, -0.15) is 0 Å². The Labute approximate surface area is 843 Å². The van der Waals surface area contributed by atoms with Crippen molar-refractivity contribution in [3.05, 3.63) is 0 Å². The van der Waals surface area contributed by atoms with Crippen molar-refractivity contribution in [1.29, 1.82) is 0 Å². The lowest BCUT2D eigenvalue weighted by molar-refractivity contribution is -0.141. The Morgan fingerprint density at radius 3 is 0.352 bits per heavy atom. The zero-order valence-electron chi connectivity index (χ0n) is 84.9. The third-order valence-electron chi connectivity index (χ3n) is 25.1. The lowest BCUT2D eigenvalue weighted by Gasteiger charge is -2.37. The Bertz CT molecular complexity index is 3590. The Morgan fingerprint density at radius 1 is 0.179 bits per heavy atom. The molecule has 8 amide bonds. The van der Waals surface area contributed by atoms with Crippen LogP contribution < -0.4 is 21.3 Å². The number of amides is 8. The van der Waals surface area contributed by atoms with Crippen LogP contribution in [0.15, 0.2) is 0 Å². The fourth-order valence-corrected chi connectivity index (χ4v) is 16.9. The van der Waals surface area contributed by atoms with Crippen LogP contribution in [0, 0.1) is 5.41 Å². The Hall–Kier alpha value is -11.2. The van der Waals surface area contributed by atoms with E-state index in [1.807, 2.05) is 0 Å². The number of nitrogens with one attached hydrogen (secondary N) is 4. The van der Waals surface area contributed by atoms with Gasteiger partial charge in [0, 0.05) is 265 Å². The van der Waals surface area contributed by atoms with E-state index in [0.29, 0.717) is 0 Å². The summed E-state index contributed by atoms with van der Waals surface area (Å²) in [7, 11) is 0. The summed E-state index contributed by atoms with van der Waals surface area (Å²) < 4.78 is 0. The molecule has 4 rings (SSSR count). The normalized spacial score (nSPS) is 18.1. The van der Waals surface area contributed by atoms with Crippen molar-refractivity contribution in [3.63, 3.8) is 0 Å².